The van der Waals surface area contributed by atoms with Crippen molar-refractivity contribution in [1.82, 2.24) is 4.98 Å². The maximum atomic E-state index is 5.97. The van der Waals surface area contributed by atoms with Gasteiger partial charge in [-0.1, -0.05) is 30.3 Å². The molecule has 0 saturated heterocycles. The van der Waals surface area contributed by atoms with E-state index in [0.29, 0.717) is 6.61 Å². The Hall–Kier alpha value is -2.39. The summed E-state index contributed by atoms with van der Waals surface area (Å²) in [5, 5.41) is 1.12. The van der Waals surface area contributed by atoms with Crippen LogP contribution in [0.1, 0.15) is 24.1 Å². The van der Waals surface area contributed by atoms with Gasteiger partial charge in [-0.2, -0.15) is 0 Å². The first-order valence-electron chi connectivity index (χ1n) is 7.05. The summed E-state index contributed by atoms with van der Waals surface area (Å²) in [7, 11) is 0. The van der Waals surface area contributed by atoms with Crippen LogP contribution in [0.25, 0.3) is 10.9 Å². The topological polar surface area (TPSA) is 48.1 Å². The molecule has 1 aromatic heterocycles. The molecule has 3 rings (SSSR count). The number of hydrogen-bond donors (Lipinski definition) is 1. The molecule has 1 heterocycles. The summed E-state index contributed by atoms with van der Waals surface area (Å²) >= 11 is 0. The lowest BCUT2D eigenvalue weighted by molar-refractivity contribution is 0.301. The third-order valence-corrected chi connectivity index (χ3v) is 3.47. The largest absolute Gasteiger partial charge is 0.489 e. The highest BCUT2D eigenvalue weighted by molar-refractivity contribution is 5.78. The first-order chi connectivity index (χ1) is 10.2. The van der Waals surface area contributed by atoms with Crippen LogP contribution in [-0.4, -0.2) is 4.98 Å². The van der Waals surface area contributed by atoms with Gasteiger partial charge in [-0.25, -0.2) is 0 Å². The van der Waals surface area contributed by atoms with Gasteiger partial charge in [0.1, 0.15) is 12.4 Å². The molecule has 0 amide bonds. The summed E-state index contributed by atoms with van der Waals surface area (Å²) in [6.07, 6.45) is 1.80. The minimum Gasteiger partial charge on any atom is -0.489 e. The van der Waals surface area contributed by atoms with Gasteiger partial charge in [-0.3, -0.25) is 4.98 Å². The van der Waals surface area contributed by atoms with Crippen molar-refractivity contribution in [2.75, 3.05) is 0 Å². The second-order valence-electron chi connectivity index (χ2n) is 5.15. The van der Waals surface area contributed by atoms with E-state index in [-0.39, 0.29) is 6.04 Å². The second-order valence-corrected chi connectivity index (χ2v) is 5.15. The Morgan fingerprint density at radius 1 is 1.10 bits per heavy atom. The molecule has 2 N–H and O–H groups in total. The van der Waals surface area contributed by atoms with E-state index in [1.165, 1.54) is 0 Å². The van der Waals surface area contributed by atoms with Gasteiger partial charge >= 0.3 is 0 Å². The SMILES string of the molecule is C[C@H](N)c1ccccc1OCc1ccc2ncccc2c1. The van der Waals surface area contributed by atoms with Gasteiger partial charge in [0.05, 0.1) is 5.52 Å². The number of aromatic nitrogens is 1. The Kier molecular flexibility index (Phi) is 3.84. The number of fused-ring (bicyclic) bond motifs is 1. The number of hydrogen-bond acceptors (Lipinski definition) is 3. The van der Waals surface area contributed by atoms with Crippen LogP contribution in [0, 0.1) is 0 Å². The molecule has 0 radical (unpaired) electrons. The lowest BCUT2D eigenvalue weighted by Gasteiger charge is -2.14. The molecule has 2 aromatic carbocycles. The Bertz CT molecular complexity index is 753. The van der Waals surface area contributed by atoms with Crippen molar-refractivity contribution in [1.29, 1.82) is 0 Å². The fourth-order valence-corrected chi connectivity index (χ4v) is 2.36. The number of para-hydroxylation sites is 1. The molecule has 0 fully saturated rings. The second kappa shape index (κ2) is 5.94. The molecule has 0 aliphatic rings. The van der Waals surface area contributed by atoms with Crippen LogP contribution in [0.5, 0.6) is 5.75 Å². The molecular formula is C18H18N2O. The fraction of sp³-hybridized carbons (Fsp3) is 0.167. The summed E-state index contributed by atoms with van der Waals surface area (Å²) in [5.74, 6) is 0.846. The average Bonchev–Trinajstić information content (AvgIpc) is 2.53. The third-order valence-electron chi connectivity index (χ3n) is 3.47. The van der Waals surface area contributed by atoms with E-state index in [1.54, 1.807) is 6.20 Å². The monoisotopic (exact) mass is 278 g/mol. The van der Waals surface area contributed by atoms with E-state index >= 15 is 0 Å². The van der Waals surface area contributed by atoms with E-state index in [0.717, 1.165) is 27.8 Å². The van der Waals surface area contributed by atoms with Crippen LogP contribution < -0.4 is 10.5 Å². The minimum atomic E-state index is -0.0398. The first-order valence-corrected chi connectivity index (χ1v) is 7.05. The maximum Gasteiger partial charge on any atom is 0.124 e. The third kappa shape index (κ3) is 3.03. The predicted octanol–water partition coefficient (Wildman–Crippen LogP) is 3.83. The molecular weight excluding hydrogens is 260 g/mol. The fourth-order valence-electron chi connectivity index (χ4n) is 2.36. The molecule has 0 unspecified atom stereocenters. The molecule has 0 spiro atoms. The lowest BCUT2D eigenvalue weighted by Crippen LogP contribution is -2.07. The van der Waals surface area contributed by atoms with Gasteiger partial charge in [-0.05, 0) is 36.8 Å². The molecule has 0 aliphatic carbocycles. The average molecular weight is 278 g/mol. The smallest absolute Gasteiger partial charge is 0.124 e. The number of benzene rings is 2. The summed E-state index contributed by atoms with van der Waals surface area (Å²) in [6, 6.07) is 18.0. The summed E-state index contributed by atoms with van der Waals surface area (Å²) in [5.41, 5.74) is 9.12. The zero-order chi connectivity index (χ0) is 14.7. The number of nitrogens with zero attached hydrogens (tertiary/aromatic N) is 1. The molecule has 0 bridgehead atoms. The van der Waals surface area contributed by atoms with Gasteiger partial charge in [0.25, 0.3) is 0 Å². The van der Waals surface area contributed by atoms with Gasteiger partial charge in [0.15, 0.2) is 0 Å². The van der Waals surface area contributed by atoms with Crippen molar-refractivity contribution in [3.8, 4) is 5.75 Å². The lowest BCUT2D eigenvalue weighted by atomic mass is 10.1. The standard InChI is InChI=1S/C18H18N2O/c1-13(19)16-6-2-3-7-18(16)21-12-14-8-9-17-15(11-14)5-4-10-20-17/h2-11,13H,12,19H2,1H3/t13-/m0/s1. The van der Waals surface area contributed by atoms with Crippen molar-refractivity contribution in [2.45, 2.75) is 19.6 Å². The Labute approximate surface area is 124 Å². The highest BCUT2D eigenvalue weighted by Crippen LogP contribution is 2.24. The molecule has 0 saturated carbocycles. The van der Waals surface area contributed by atoms with E-state index in [4.69, 9.17) is 10.5 Å². The Morgan fingerprint density at radius 2 is 1.95 bits per heavy atom. The molecule has 3 nitrogen and oxygen atoms in total. The quantitative estimate of drug-likeness (QED) is 0.789. The Balaban J connectivity index is 1.80. The predicted molar refractivity (Wildman–Crippen MR) is 85.1 cm³/mol. The van der Waals surface area contributed by atoms with E-state index in [2.05, 4.69) is 17.1 Å². The van der Waals surface area contributed by atoms with Gasteiger partial charge < -0.3 is 10.5 Å². The summed E-state index contributed by atoms with van der Waals surface area (Å²) in [6.45, 7) is 2.48. The normalized spacial score (nSPS) is 12.3. The molecule has 3 aromatic rings. The van der Waals surface area contributed by atoms with Crippen molar-refractivity contribution >= 4 is 10.9 Å². The van der Waals surface area contributed by atoms with Crippen molar-refractivity contribution in [2.24, 2.45) is 5.73 Å². The van der Waals surface area contributed by atoms with Crippen LogP contribution >= 0.6 is 0 Å². The van der Waals surface area contributed by atoms with Crippen molar-refractivity contribution in [3.05, 3.63) is 71.9 Å². The zero-order valence-corrected chi connectivity index (χ0v) is 12.0. The van der Waals surface area contributed by atoms with Crippen LogP contribution in [0.4, 0.5) is 0 Å². The number of pyridine rings is 1. The summed E-state index contributed by atoms with van der Waals surface area (Å²) < 4.78 is 5.93. The molecule has 1 atom stereocenters. The van der Waals surface area contributed by atoms with Crippen LogP contribution in [0.15, 0.2) is 60.8 Å². The Morgan fingerprint density at radius 3 is 2.81 bits per heavy atom. The van der Waals surface area contributed by atoms with Gasteiger partial charge in [-0.15, -0.1) is 0 Å². The first kappa shape index (κ1) is 13.6. The summed E-state index contributed by atoms with van der Waals surface area (Å²) in [4.78, 5) is 4.32. The highest BCUT2D eigenvalue weighted by Gasteiger charge is 2.07. The van der Waals surface area contributed by atoms with E-state index in [1.807, 2.05) is 49.4 Å². The van der Waals surface area contributed by atoms with Crippen LogP contribution in [-0.2, 0) is 6.61 Å². The maximum absolute atomic E-state index is 5.97. The molecule has 21 heavy (non-hydrogen) atoms. The number of rotatable bonds is 4. The molecule has 3 heteroatoms. The number of nitrogens with two attached hydrogens (primary N) is 1. The van der Waals surface area contributed by atoms with Gasteiger partial charge in [0, 0.05) is 23.2 Å². The van der Waals surface area contributed by atoms with E-state index < -0.39 is 0 Å². The van der Waals surface area contributed by atoms with Crippen LogP contribution in [0.3, 0.4) is 0 Å². The minimum absolute atomic E-state index is 0.0398. The highest BCUT2D eigenvalue weighted by atomic mass is 16.5. The molecule has 0 aliphatic heterocycles. The number of ether oxygens (including phenoxy) is 1. The van der Waals surface area contributed by atoms with Crippen LogP contribution in [0.2, 0.25) is 0 Å². The zero-order valence-electron chi connectivity index (χ0n) is 12.0. The van der Waals surface area contributed by atoms with E-state index in [9.17, 15) is 0 Å². The van der Waals surface area contributed by atoms with Gasteiger partial charge in [0.2, 0.25) is 0 Å². The van der Waals surface area contributed by atoms with Crippen molar-refractivity contribution < 1.29 is 4.74 Å². The molecule has 106 valence electrons. The van der Waals surface area contributed by atoms with Crippen molar-refractivity contribution in [3.63, 3.8) is 0 Å².